The zero-order chi connectivity index (χ0) is 19.5. The summed E-state index contributed by atoms with van der Waals surface area (Å²) < 4.78 is 0. The van der Waals surface area contributed by atoms with Crippen molar-refractivity contribution >= 4 is 39.7 Å². The molecule has 0 spiro atoms. The van der Waals surface area contributed by atoms with E-state index >= 15 is 0 Å². The third-order valence-electron chi connectivity index (χ3n) is 4.15. The number of thiazole rings is 1. The third-order valence-corrected chi connectivity index (χ3v) is 5.09. The summed E-state index contributed by atoms with van der Waals surface area (Å²) in [5, 5.41) is 8.84. The minimum Gasteiger partial charge on any atom is -0.388 e. The zero-order valence-electron chi connectivity index (χ0n) is 14.9. The first-order valence-electron chi connectivity index (χ1n) is 8.49. The molecule has 3 N–H and O–H groups in total. The maximum atomic E-state index is 12.9. The molecule has 0 saturated heterocycles. The van der Waals surface area contributed by atoms with E-state index < -0.39 is 0 Å². The number of nitrogens with one attached hydrogen (secondary N) is 3. The van der Waals surface area contributed by atoms with Crippen molar-refractivity contribution in [1.29, 1.82) is 0 Å². The summed E-state index contributed by atoms with van der Waals surface area (Å²) in [6, 6.07) is 15.0. The predicted molar refractivity (Wildman–Crippen MR) is 114 cm³/mol. The Balaban J connectivity index is 1.76. The summed E-state index contributed by atoms with van der Waals surface area (Å²) in [5.74, 6) is 0.308. The standard InChI is InChI=1S/C20H16ClN5OS/c1-22-15-8-4-13(5-9-15)18-24-16(12-2-6-14(21)7-3-12)17(25-18)19(27)26-20-23-10-11-28-20/h2-11,22H,1H3,(H,24,25)(H,23,26,27). The summed E-state index contributed by atoms with van der Waals surface area (Å²) in [6.07, 6.45) is 1.64. The van der Waals surface area contributed by atoms with Crippen LogP contribution in [-0.4, -0.2) is 27.9 Å². The van der Waals surface area contributed by atoms with Crippen molar-refractivity contribution in [2.24, 2.45) is 0 Å². The minimum absolute atomic E-state index is 0.300. The number of H-pyrrole nitrogens is 1. The van der Waals surface area contributed by atoms with Gasteiger partial charge in [0.15, 0.2) is 5.13 Å². The number of rotatable bonds is 5. The molecule has 140 valence electrons. The fourth-order valence-corrected chi connectivity index (χ4v) is 3.38. The maximum Gasteiger partial charge on any atom is 0.276 e. The maximum absolute atomic E-state index is 12.9. The van der Waals surface area contributed by atoms with Crippen LogP contribution >= 0.6 is 22.9 Å². The highest BCUT2D eigenvalue weighted by molar-refractivity contribution is 7.13. The van der Waals surface area contributed by atoms with Gasteiger partial charge in [0, 0.05) is 40.5 Å². The molecule has 8 heteroatoms. The van der Waals surface area contributed by atoms with Gasteiger partial charge in [0.05, 0.1) is 0 Å². The van der Waals surface area contributed by atoms with Crippen molar-refractivity contribution < 1.29 is 4.79 Å². The number of carbonyl (C=O) groups is 1. The molecular weight excluding hydrogens is 394 g/mol. The van der Waals surface area contributed by atoms with Gasteiger partial charge >= 0.3 is 0 Å². The largest absolute Gasteiger partial charge is 0.388 e. The molecule has 28 heavy (non-hydrogen) atoms. The van der Waals surface area contributed by atoms with Gasteiger partial charge in [-0.05, 0) is 36.4 Å². The molecule has 2 aromatic heterocycles. The van der Waals surface area contributed by atoms with Gasteiger partial charge < -0.3 is 10.3 Å². The Kier molecular flexibility index (Phi) is 5.10. The quantitative estimate of drug-likeness (QED) is 0.425. The lowest BCUT2D eigenvalue weighted by atomic mass is 10.1. The molecule has 0 radical (unpaired) electrons. The van der Waals surface area contributed by atoms with Crippen molar-refractivity contribution in [2.75, 3.05) is 17.7 Å². The number of amides is 1. The molecule has 0 saturated carbocycles. The Labute approximate surface area is 170 Å². The molecule has 2 aromatic carbocycles. The fourth-order valence-electron chi connectivity index (χ4n) is 2.73. The molecule has 4 aromatic rings. The highest BCUT2D eigenvalue weighted by Gasteiger charge is 2.20. The van der Waals surface area contributed by atoms with Crippen LogP contribution in [0.2, 0.25) is 5.02 Å². The molecule has 6 nitrogen and oxygen atoms in total. The van der Waals surface area contributed by atoms with Crippen LogP contribution in [0.3, 0.4) is 0 Å². The lowest BCUT2D eigenvalue weighted by Crippen LogP contribution is -2.13. The molecule has 2 heterocycles. The molecule has 0 aliphatic heterocycles. The average molecular weight is 410 g/mol. The van der Waals surface area contributed by atoms with E-state index in [2.05, 4.69) is 25.6 Å². The van der Waals surface area contributed by atoms with E-state index in [9.17, 15) is 4.79 Å². The summed E-state index contributed by atoms with van der Waals surface area (Å²) in [7, 11) is 1.86. The predicted octanol–water partition coefficient (Wildman–Crippen LogP) is 5.15. The topological polar surface area (TPSA) is 82.7 Å². The summed E-state index contributed by atoms with van der Waals surface area (Å²) in [6.45, 7) is 0. The van der Waals surface area contributed by atoms with Gasteiger partial charge in [0.2, 0.25) is 0 Å². The van der Waals surface area contributed by atoms with Crippen LogP contribution in [0.5, 0.6) is 0 Å². The van der Waals surface area contributed by atoms with E-state index in [1.54, 1.807) is 23.7 Å². The van der Waals surface area contributed by atoms with E-state index in [1.165, 1.54) is 11.3 Å². The molecule has 0 aliphatic carbocycles. The number of carbonyl (C=O) groups excluding carboxylic acids is 1. The second kappa shape index (κ2) is 7.84. The Morgan fingerprint density at radius 3 is 2.43 bits per heavy atom. The van der Waals surface area contributed by atoms with Gasteiger partial charge in [-0.2, -0.15) is 0 Å². The highest BCUT2D eigenvalue weighted by atomic mass is 35.5. The number of hydrogen-bond donors (Lipinski definition) is 3. The van der Waals surface area contributed by atoms with E-state index in [1.807, 2.05) is 43.4 Å². The SMILES string of the molecule is CNc1ccc(-c2nc(-c3ccc(Cl)cc3)c(C(=O)Nc3nccs3)[nH]2)cc1. The number of aromatic amines is 1. The fraction of sp³-hybridized carbons (Fsp3) is 0.0500. The number of benzene rings is 2. The smallest absolute Gasteiger partial charge is 0.276 e. The second-order valence-electron chi connectivity index (χ2n) is 5.93. The van der Waals surface area contributed by atoms with Crippen molar-refractivity contribution in [2.45, 2.75) is 0 Å². The van der Waals surface area contributed by atoms with Crippen LogP contribution in [0.1, 0.15) is 10.5 Å². The molecule has 1 amide bonds. The van der Waals surface area contributed by atoms with Crippen molar-refractivity contribution in [3.05, 3.63) is 70.8 Å². The van der Waals surface area contributed by atoms with Crippen molar-refractivity contribution in [3.8, 4) is 22.6 Å². The van der Waals surface area contributed by atoms with Crippen LogP contribution in [0, 0.1) is 0 Å². The van der Waals surface area contributed by atoms with E-state index in [0.717, 1.165) is 16.8 Å². The summed E-state index contributed by atoms with van der Waals surface area (Å²) in [4.78, 5) is 24.8. The van der Waals surface area contributed by atoms with Crippen LogP contribution in [0.15, 0.2) is 60.1 Å². The normalized spacial score (nSPS) is 10.6. The Morgan fingerprint density at radius 1 is 1.07 bits per heavy atom. The van der Waals surface area contributed by atoms with Gasteiger partial charge in [-0.1, -0.05) is 23.7 Å². The molecule has 0 bridgehead atoms. The molecule has 0 unspecified atom stereocenters. The monoisotopic (exact) mass is 409 g/mol. The van der Waals surface area contributed by atoms with Crippen LogP contribution < -0.4 is 10.6 Å². The number of halogens is 1. The van der Waals surface area contributed by atoms with Gasteiger partial charge in [-0.3, -0.25) is 10.1 Å². The van der Waals surface area contributed by atoms with Gasteiger partial charge in [0.25, 0.3) is 5.91 Å². The van der Waals surface area contributed by atoms with E-state index in [4.69, 9.17) is 11.6 Å². The lowest BCUT2D eigenvalue weighted by Gasteiger charge is -2.03. The molecular formula is C20H16ClN5OS. The van der Waals surface area contributed by atoms with Crippen LogP contribution in [0.25, 0.3) is 22.6 Å². The van der Waals surface area contributed by atoms with Gasteiger partial charge in [-0.15, -0.1) is 11.3 Å². The Bertz CT molecular complexity index is 1090. The Hall–Kier alpha value is -3.16. The number of hydrogen-bond acceptors (Lipinski definition) is 5. The highest BCUT2D eigenvalue weighted by Crippen LogP contribution is 2.28. The van der Waals surface area contributed by atoms with Crippen LogP contribution in [0.4, 0.5) is 10.8 Å². The number of anilines is 2. The molecule has 4 rings (SSSR count). The second-order valence-corrected chi connectivity index (χ2v) is 7.27. The minimum atomic E-state index is -0.300. The lowest BCUT2D eigenvalue weighted by molar-refractivity contribution is 0.102. The Morgan fingerprint density at radius 2 is 1.79 bits per heavy atom. The third kappa shape index (κ3) is 3.76. The number of aromatic nitrogens is 3. The number of nitrogens with zero attached hydrogens (tertiary/aromatic N) is 2. The van der Waals surface area contributed by atoms with Crippen molar-refractivity contribution in [1.82, 2.24) is 15.0 Å². The van der Waals surface area contributed by atoms with Gasteiger partial charge in [-0.25, -0.2) is 9.97 Å². The molecule has 0 fully saturated rings. The zero-order valence-corrected chi connectivity index (χ0v) is 16.4. The van der Waals surface area contributed by atoms with Crippen LogP contribution in [-0.2, 0) is 0 Å². The molecule has 0 atom stereocenters. The first kappa shape index (κ1) is 18.2. The number of imidazole rings is 1. The van der Waals surface area contributed by atoms with Crippen molar-refractivity contribution in [3.63, 3.8) is 0 Å². The summed E-state index contributed by atoms with van der Waals surface area (Å²) in [5.41, 5.74) is 3.59. The van der Waals surface area contributed by atoms with E-state index in [-0.39, 0.29) is 5.91 Å². The van der Waals surface area contributed by atoms with E-state index in [0.29, 0.717) is 27.4 Å². The first-order valence-corrected chi connectivity index (χ1v) is 9.75. The summed E-state index contributed by atoms with van der Waals surface area (Å²) >= 11 is 7.36. The average Bonchev–Trinajstić information content (AvgIpc) is 3.39. The van der Waals surface area contributed by atoms with Gasteiger partial charge in [0.1, 0.15) is 17.2 Å². The molecule has 0 aliphatic rings. The first-order chi connectivity index (χ1) is 13.6.